The van der Waals surface area contributed by atoms with Gasteiger partial charge in [-0.3, -0.25) is 9.59 Å². The van der Waals surface area contributed by atoms with Crippen molar-refractivity contribution in [2.45, 2.75) is 25.0 Å². The number of hydrogen-bond acceptors (Lipinski definition) is 5. The minimum absolute atomic E-state index is 0.132. The zero-order chi connectivity index (χ0) is 21.7. The van der Waals surface area contributed by atoms with Crippen molar-refractivity contribution in [3.8, 4) is 0 Å². The van der Waals surface area contributed by atoms with Crippen LogP contribution in [0.2, 0.25) is 0 Å². The van der Waals surface area contributed by atoms with Crippen LogP contribution in [0, 0.1) is 6.92 Å². The molecule has 2 N–H and O–H groups in total. The number of aromatic nitrogens is 3. The summed E-state index contributed by atoms with van der Waals surface area (Å²) in [5, 5.41) is 14.8. The van der Waals surface area contributed by atoms with E-state index in [1.54, 1.807) is 10.6 Å². The van der Waals surface area contributed by atoms with Crippen LogP contribution in [0.5, 0.6) is 0 Å². The molecule has 0 aliphatic carbocycles. The van der Waals surface area contributed by atoms with Gasteiger partial charge in [-0.1, -0.05) is 45.9 Å². The fraction of sp³-hybridized carbons (Fsp3) is 0.238. The molecule has 2 aromatic carbocycles. The average molecular weight is 488 g/mol. The number of anilines is 1. The van der Waals surface area contributed by atoms with E-state index in [-0.39, 0.29) is 23.6 Å². The van der Waals surface area contributed by atoms with E-state index in [0.29, 0.717) is 16.5 Å². The number of carbonyl (C=O) groups excluding carboxylic acids is 2. The van der Waals surface area contributed by atoms with Crippen LogP contribution in [0.25, 0.3) is 0 Å². The van der Waals surface area contributed by atoms with Crippen molar-refractivity contribution in [2.24, 2.45) is 7.05 Å². The topological polar surface area (TPSA) is 88.9 Å². The molecule has 3 rings (SSSR count). The lowest BCUT2D eigenvalue weighted by Gasteiger charge is -2.14. The molecule has 0 spiro atoms. The van der Waals surface area contributed by atoms with E-state index in [9.17, 15) is 9.59 Å². The lowest BCUT2D eigenvalue weighted by atomic mass is 10.1. The van der Waals surface area contributed by atoms with Crippen molar-refractivity contribution in [1.82, 2.24) is 20.1 Å². The predicted octanol–water partition coefficient (Wildman–Crippen LogP) is 4.11. The van der Waals surface area contributed by atoms with E-state index in [1.807, 2.05) is 63.4 Å². The third-order valence-electron chi connectivity index (χ3n) is 4.45. The van der Waals surface area contributed by atoms with Gasteiger partial charge in [-0.25, -0.2) is 0 Å². The zero-order valence-electron chi connectivity index (χ0n) is 16.8. The number of amides is 2. The lowest BCUT2D eigenvalue weighted by molar-refractivity contribution is -0.113. The molecule has 0 bridgehead atoms. The first kappa shape index (κ1) is 22.0. The zero-order valence-corrected chi connectivity index (χ0v) is 19.3. The van der Waals surface area contributed by atoms with Crippen molar-refractivity contribution in [1.29, 1.82) is 0 Å². The number of nitrogens with one attached hydrogen (secondary N) is 2. The maximum Gasteiger partial charge on any atom is 0.252 e. The molecular weight excluding hydrogens is 466 g/mol. The third kappa shape index (κ3) is 5.48. The second kappa shape index (κ2) is 9.90. The summed E-state index contributed by atoms with van der Waals surface area (Å²) in [5.74, 6) is 0.527. The number of carbonyl (C=O) groups is 2. The Bertz CT molecular complexity index is 1050. The molecule has 0 aliphatic rings. The maximum absolute atomic E-state index is 12.5. The number of halogens is 1. The van der Waals surface area contributed by atoms with Crippen LogP contribution in [-0.4, -0.2) is 32.3 Å². The Morgan fingerprint density at radius 1 is 1.13 bits per heavy atom. The van der Waals surface area contributed by atoms with Crippen molar-refractivity contribution in [3.63, 3.8) is 0 Å². The minimum Gasteiger partial charge on any atom is -0.342 e. The number of benzene rings is 2. The van der Waals surface area contributed by atoms with Crippen LogP contribution in [-0.2, 0) is 11.8 Å². The summed E-state index contributed by atoms with van der Waals surface area (Å²) in [4.78, 5) is 24.7. The van der Waals surface area contributed by atoms with Crippen molar-refractivity contribution >= 4 is 45.2 Å². The van der Waals surface area contributed by atoms with E-state index in [4.69, 9.17) is 0 Å². The fourth-order valence-electron chi connectivity index (χ4n) is 2.86. The Labute approximate surface area is 187 Å². The average Bonchev–Trinajstić information content (AvgIpc) is 3.09. The van der Waals surface area contributed by atoms with Gasteiger partial charge >= 0.3 is 0 Å². The Morgan fingerprint density at radius 2 is 1.83 bits per heavy atom. The van der Waals surface area contributed by atoms with Crippen LogP contribution in [0.3, 0.4) is 0 Å². The summed E-state index contributed by atoms with van der Waals surface area (Å²) >= 11 is 4.65. The molecule has 30 heavy (non-hydrogen) atoms. The number of thioether (sulfide) groups is 1. The minimum atomic E-state index is -0.333. The highest BCUT2D eigenvalue weighted by molar-refractivity contribution is 9.10. The monoisotopic (exact) mass is 487 g/mol. The molecule has 9 heteroatoms. The van der Waals surface area contributed by atoms with Gasteiger partial charge in [0.2, 0.25) is 5.91 Å². The van der Waals surface area contributed by atoms with E-state index >= 15 is 0 Å². The van der Waals surface area contributed by atoms with Crippen molar-refractivity contribution in [3.05, 3.63) is 70.0 Å². The molecule has 0 unspecified atom stereocenters. The van der Waals surface area contributed by atoms with Crippen molar-refractivity contribution in [2.75, 3.05) is 11.1 Å². The first-order valence-corrected chi connectivity index (χ1v) is 11.1. The van der Waals surface area contributed by atoms with Gasteiger partial charge in [0.1, 0.15) is 0 Å². The standard InChI is InChI=1S/C21H22BrN5O2S/c1-13-6-4-5-7-17(13)20(29)23-14(2)19-25-26-21(27(19)3)30-12-18(28)24-16-10-8-15(22)9-11-16/h4-11,14H,12H2,1-3H3,(H,23,29)(H,24,28)/t14-/m0/s1. The van der Waals surface area contributed by atoms with E-state index in [0.717, 1.165) is 15.7 Å². The van der Waals surface area contributed by atoms with Gasteiger partial charge in [0, 0.05) is 22.8 Å². The molecule has 3 aromatic rings. The van der Waals surface area contributed by atoms with Gasteiger partial charge in [-0.05, 0) is 49.7 Å². The summed E-state index contributed by atoms with van der Waals surface area (Å²) in [6.45, 7) is 3.75. The molecular formula is C21H22BrN5O2S. The van der Waals surface area contributed by atoms with Gasteiger partial charge in [0.25, 0.3) is 5.91 Å². The lowest BCUT2D eigenvalue weighted by Crippen LogP contribution is -2.29. The van der Waals surface area contributed by atoms with Gasteiger partial charge in [0.15, 0.2) is 11.0 Å². The molecule has 0 aliphatic heterocycles. The smallest absolute Gasteiger partial charge is 0.252 e. The quantitative estimate of drug-likeness (QED) is 0.489. The van der Waals surface area contributed by atoms with Crippen LogP contribution in [0.1, 0.15) is 34.7 Å². The number of nitrogens with zero attached hydrogens (tertiary/aromatic N) is 3. The second-order valence-corrected chi connectivity index (χ2v) is 8.61. The second-order valence-electron chi connectivity index (χ2n) is 6.75. The molecule has 0 saturated carbocycles. The van der Waals surface area contributed by atoms with E-state index in [2.05, 4.69) is 36.8 Å². The first-order chi connectivity index (χ1) is 14.3. The van der Waals surface area contributed by atoms with Gasteiger partial charge < -0.3 is 15.2 Å². The maximum atomic E-state index is 12.5. The third-order valence-corrected chi connectivity index (χ3v) is 6.00. The Hall–Kier alpha value is -2.65. The molecule has 1 heterocycles. The highest BCUT2D eigenvalue weighted by Gasteiger charge is 2.19. The largest absolute Gasteiger partial charge is 0.342 e. The first-order valence-electron chi connectivity index (χ1n) is 9.29. The van der Waals surface area contributed by atoms with Crippen LogP contribution >= 0.6 is 27.7 Å². The Balaban J connectivity index is 1.58. The molecule has 1 aromatic heterocycles. The van der Waals surface area contributed by atoms with Gasteiger partial charge in [-0.2, -0.15) is 0 Å². The predicted molar refractivity (Wildman–Crippen MR) is 122 cm³/mol. The summed E-state index contributed by atoms with van der Waals surface area (Å²) in [7, 11) is 1.82. The van der Waals surface area contributed by atoms with Gasteiger partial charge in [0.05, 0.1) is 11.8 Å². The van der Waals surface area contributed by atoms with Crippen LogP contribution in [0.4, 0.5) is 5.69 Å². The van der Waals surface area contributed by atoms with E-state index < -0.39 is 0 Å². The molecule has 0 radical (unpaired) electrons. The summed E-state index contributed by atoms with van der Waals surface area (Å²) in [6, 6.07) is 14.5. The summed E-state index contributed by atoms with van der Waals surface area (Å²) in [5.41, 5.74) is 2.27. The number of hydrogen-bond donors (Lipinski definition) is 2. The molecule has 0 fully saturated rings. The summed E-state index contributed by atoms with van der Waals surface area (Å²) < 4.78 is 2.74. The van der Waals surface area contributed by atoms with E-state index in [1.165, 1.54) is 11.8 Å². The highest BCUT2D eigenvalue weighted by atomic mass is 79.9. The Morgan fingerprint density at radius 3 is 2.53 bits per heavy atom. The molecule has 2 amide bonds. The molecule has 1 atom stereocenters. The number of aryl methyl sites for hydroxylation is 1. The SMILES string of the molecule is Cc1ccccc1C(=O)N[C@@H](C)c1nnc(SCC(=O)Nc2ccc(Br)cc2)n1C. The molecule has 7 nitrogen and oxygen atoms in total. The van der Waals surface area contributed by atoms with Gasteiger partial charge in [-0.15, -0.1) is 10.2 Å². The van der Waals surface area contributed by atoms with Crippen LogP contribution < -0.4 is 10.6 Å². The summed E-state index contributed by atoms with van der Waals surface area (Å²) in [6.07, 6.45) is 0. The fourth-order valence-corrected chi connectivity index (χ4v) is 3.84. The van der Waals surface area contributed by atoms with Crippen LogP contribution in [0.15, 0.2) is 58.2 Å². The molecule has 0 saturated heterocycles. The molecule has 156 valence electrons. The van der Waals surface area contributed by atoms with Crippen molar-refractivity contribution < 1.29 is 9.59 Å². The normalized spacial score (nSPS) is 11.7. The number of rotatable bonds is 7. The highest BCUT2D eigenvalue weighted by Crippen LogP contribution is 2.20. The Kier molecular flexibility index (Phi) is 7.28.